The number of esters is 1. The first-order valence-corrected chi connectivity index (χ1v) is 25.1. The van der Waals surface area contributed by atoms with E-state index in [9.17, 15) is 35.1 Å². The van der Waals surface area contributed by atoms with E-state index in [0.717, 1.165) is 57.8 Å². The fraction of sp³-hybridized carbons (Fsp3) is 0.827. The van der Waals surface area contributed by atoms with E-state index in [1.807, 2.05) is 0 Å². The number of carbonyl (C=O) groups is 2. The van der Waals surface area contributed by atoms with E-state index in [-0.39, 0.29) is 78.5 Å². The van der Waals surface area contributed by atoms with Gasteiger partial charge in [-0.3, -0.25) is 14.6 Å². The van der Waals surface area contributed by atoms with Gasteiger partial charge in [0.15, 0.2) is 11.7 Å². The highest BCUT2D eigenvalue weighted by Gasteiger charge is 2.74. The third-order valence-corrected chi connectivity index (χ3v) is 19.9. The van der Waals surface area contributed by atoms with Gasteiger partial charge in [-0.1, -0.05) is 50.7 Å². The van der Waals surface area contributed by atoms with Crippen LogP contribution in [0, 0.1) is 93.7 Å². The molecule has 0 radical (unpaired) electrons. The molecule has 11 nitrogen and oxygen atoms in total. The molecule has 9 rings (SSSR count). The first-order valence-electron chi connectivity index (χ1n) is 25.1. The average molecular weight is 872 g/mol. The first-order chi connectivity index (χ1) is 30.0. The van der Waals surface area contributed by atoms with Crippen LogP contribution in [-0.2, 0) is 14.3 Å². The van der Waals surface area contributed by atoms with Gasteiger partial charge in [-0.2, -0.15) is 0 Å². The van der Waals surface area contributed by atoms with E-state index in [2.05, 4.69) is 36.8 Å². The van der Waals surface area contributed by atoms with Gasteiger partial charge in [0.25, 0.3) is 0 Å². The minimum atomic E-state index is -1.66. The number of fused-ring (bicyclic) bond motifs is 10. The Labute approximate surface area is 375 Å². The number of carbonyl (C=O) groups excluding carboxylic acids is 2. The molecule has 1 heterocycles. The van der Waals surface area contributed by atoms with Crippen molar-refractivity contribution in [1.29, 1.82) is 0 Å². The predicted octanol–water partition coefficient (Wildman–Crippen LogP) is 5.73. The highest BCUT2D eigenvalue weighted by molar-refractivity contribution is 5.95. The summed E-state index contributed by atoms with van der Waals surface area (Å²) >= 11 is 0. The van der Waals surface area contributed by atoms with E-state index in [0.29, 0.717) is 74.9 Å². The molecule has 1 saturated heterocycles. The van der Waals surface area contributed by atoms with Gasteiger partial charge in [-0.25, -0.2) is 0 Å². The van der Waals surface area contributed by atoms with E-state index in [4.69, 9.17) is 16.2 Å². The van der Waals surface area contributed by atoms with Crippen LogP contribution in [-0.4, -0.2) is 85.9 Å². The number of cyclic esters (lactones) is 1. The van der Waals surface area contributed by atoms with Crippen LogP contribution < -0.4 is 11.5 Å². The molecule has 5 saturated carbocycles. The fourth-order valence-corrected chi connectivity index (χ4v) is 17.1. The van der Waals surface area contributed by atoms with Crippen molar-refractivity contribution in [2.75, 3.05) is 13.2 Å². The van der Waals surface area contributed by atoms with Crippen LogP contribution in [0.3, 0.4) is 0 Å². The summed E-state index contributed by atoms with van der Waals surface area (Å²) in [6, 6.07) is 0. The second-order valence-electron chi connectivity index (χ2n) is 23.0. The Morgan fingerprint density at radius 1 is 0.921 bits per heavy atom. The zero-order valence-electron chi connectivity index (χ0n) is 38.2. The Balaban J connectivity index is 1.16. The third-order valence-electron chi connectivity index (χ3n) is 19.9. The second-order valence-corrected chi connectivity index (χ2v) is 23.0. The third kappa shape index (κ3) is 7.56. The Hall–Kier alpha value is -2.75. The number of hydrogen-bond donors (Lipinski definition) is 7. The lowest BCUT2D eigenvalue weighted by Gasteiger charge is -2.64. The summed E-state index contributed by atoms with van der Waals surface area (Å²) in [5, 5.41) is 62.6. The summed E-state index contributed by atoms with van der Waals surface area (Å²) in [6.45, 7) is 6.93. The number of hydrogen-bond acceptors (Lipinski definition) is 9. The van der Waals surface area contributed by atoms with Crippen molar-refractivity contribution in [3.63, 3.8) is 0 Å². The number of aliphatic hydroxyl groups is 5. The van der Waals surface area contributed by atoms with Crippen molar-refractivity contribution < 1.29 is 39.9 Å². The first kappa shape index (κ1) is 45.4. The van der Waals surface area contributed by atoms with Crippen LogP contribution in [0.1, 0.15) is 143 Å². The molecule has 1 aliphatic heterocycles. The lowest BCUT2D eigenvalue weighted by molar-refractivity contribution is -0.196. The molecular weight excluding hydrogens is 795 g/mol. The zero-order valence-corrected chi connectivity index (χ0v) is 38.2. The van der Waals surface area contributed by atoms with Gasteiger partial charge in [-0.15, -0.1) is 5.92 Å². The molecule has 0 bridgehead atoms. The normalized spacial score (nSPS) is 48.9. The largest absolute Gasteiger partial charge is 0.465 e. The number of allylic oxidation sites excluding steroid dienone is 3. The van der Waals surface area contributed by atoms with E-state index in [1.165, 1.54) is 6.42 Å². The molecule has 0 amide bonds. The highest BCUT2D eigenvalue weighted by atomic mass is 16.5. The van der Waals surface area contributed by atoms with Crippen molar-refractivity contribution >= 4 is 17.7 Å². The number of aliphatic hydroxyl groups excluding tert-OH is 3. The second kappa shape index (κ2) is 17.2. The molecule has 18 unspecified atom stereocenters. The maximum atomic E-state index is 14.8. The smallest absolute Gasteiger partial charge is 0.306 e. The maximum absolute atomic E-state index is 14.8. The Morgan fingerprint density at radius 2 is 1.70 bits per heavy atom. The molecule has 0 aromatic rings. The van der Waals surface area contributed by atoms with Gasteiger partial charge < -0.3 is 41.7 Å². The van der Waals surface area contributed by atoms with Crippen molar-refractivity contribution in [3.8, 4) is 11.8 Å². The number of nitrogens with zero attached hydrogens (tertiary/aromatic N) is 1. The lowest BCUT2D eigenvalue weighted by Crippen LogP contribution is -2.66. The van der Waals surface area contributed by atoms with Gasteiger partial charge >= 0.3 is 5.97 Å². The van der Waals surface area contributed by atoms with Gasteiger partial charge in [0.1, 0.15) is 0 Å². The number of aliphatic imine (C=N–C) groups is 1. The monoisotopic (exact) mass is 872 g/mol. The Kier molecular flexibility index (Phi) is 12.4. The van der Waals surface area contributed by atoms with Crippen molar-refractivity contribution in [1.82, 2.24) is 0 Å². The molecule has 9 aliphatic rings. The Bertz CT molecular complexity index is 1920. The van der Waals surface area contributed by atoms with Gasteiger partial charge in [0.2, 0.25) is 0 Å². The topological polar surface area (TPSA) is 209 Å². The van der Waals surface area contributed by atoms with E-state index >= 15 is 0 Å². The summed E-state index contributed by atoms with van der Waals surface area (Å²) in [4.78, 5) is 31.9. The van der Waals surface area contributed by atoms with Crippen LogP contribution in [0.4, 0.5) is 0 Å². The lowest BCUT2D eigenvalue weighted by atomic mass is 9.41. The number of rotatable bonds is 5. The fourth-order valence-electron chi connectivity index (χ4n) is 17.1. The summed E-state index contributed by atoms with van der Waals surface area (Å²) in [7, 11) is 0. The van der Waals surface area contributed by atoms with Crippen LogP contribution in [0.2, 0.25) is 0 Å². The molecule has 0 spiro atoms. The molecule has 0 aromatic carbocycles. The molecule has 6 fully saturated rings. The highest BCUT2D eigenvalue weighted by Crippen LogP contribution is 2.73. The zero-order chi connectivity index (χ0) is 44.6. The number of nitrogens with two attached hydrogens (primary N) is 2. The van der Waals surface area contributed by atoms with Gasteiger partial charge in [0.05, 0.1) is 42.5 Å². The maximum Gasteiger partial charge on any atom is 0.306 e. The van der Waals surface area contributed by atoms with Crippen molar-refractivity contribution in [2.24, 2.45) is 98.3 Å². The minimum Gasteiger partial charge on any atom is -0.465 e. The number of guanidine groups is 1. The molecule has 63 heavy (non-hydrogen) atoms. The molecule has 0 aromatic heterocycles. The molecule has 9 N–H and O–H groups in total. The van der Waals surface area contributed by atoms with Crippen LogP contribution in [0.25, 0.3) is 0 Å². The van der Waals surface area contributed by atoms with Gasteiger partial charge in [0, 0.05) is 42.1 Å². The minimum absolute atomic E-state index is 0.0142. The summed E-state index contributed by atoms with van der Waals surface area (Å²) in [6.07, 6.45) is 14.8. The predicted molar refractivity (Wildman–Crippen MR) is 240 cm³/mol. The standard InChI is InChI=1S/C52H77N3O8/c1-29-12-13-31-14-15-36-30(2)21-45(59)49(3,61)47-33(9-7-8-32(22-38(36)37(31)20-29)34-23-46(60)63-28-34)26-52(62)40-24-42(56)41-25-43(57)44(58)27-51(41,35-10-5-4-6-11-35)39(40)16-17-50(47,52)18-19-55-48(53)54/h14,24,29-30,32-39,41,43-45,47,57-59,61-62H,4-6,9-13,15-23,25-28H2,1-3H3,(H4,53,54,55). The molecule has 18 atom stereocenters. The summed E-state index contributed by atoms with van der Waals surface area (Å²) in [5.74, 6) is 7.20. The van der Waals surface area contributed by atoms with Crippen molar-refractivity contribution in [3.05, 3.63) is 23.3 Å². The summed E-state index contributed by atoms with van der Waals surface area (Å²) in [5.41, 5.74) is 9.28. The van der Waals surface area contributed by atoms with Crippen LogP contribution in [0.5, 0.6) is 0 Å². The van der Waals surface area contributed by atoms with E-state index in [1.54, 1.807) is 18.6 Å². The SMILES string of the molecule is CC1CCC2=CCC3C(C)CC(O)C(C)(O)C4C(CC#CC(C5COC(=O)C5)CC3C2C1)CC1(O)C2=CC(=O)C3CC(O)C(O)CC3(C3CCCCC3)C2CCC41CCN=C(N)N. The quantitative estimate of drug-likeness (QED) is 0.0587. The van der Waals surface area contributed by atoms with Crippen LogP contribution >= 0.6 is 0 Å². The molecular formula is C52H77N3O8. The van der Waals surface area contributed by atoms with Crippen LogP contribution in [0.15, 0.2) is 28.3 Å². The number of ether oxygens (including phenoxy) is 1. The van der Waals surface area contributed by atoms with E-state index < -0.39 is 52.2 Å². The van der Waals surface area contributed by atoms with Crippen molar-refractivity contribution in [2.45, 2.75) is 172 Å². The number of ketones is 1. The summed E-state index contributed by atoms with van der Waals surface area (Å²) < 4.78 is 5.60. The van der Waals surface area contributed by atoms with Gasteiger partial charge in [-0.05, 0) is 161 Å². The Morgan fingerprint density at radius 3 is 2.43 bits per heavy atom. The average Bonchev–Trinajstić information content (AvgIpc) is 3.79. The molecule has 11 heteroatoms. The molecule has 8 aliphatic carbocycles. The molecule has 348 valence electrons.